The van der Waals surface area contributed by atoms with Gasteiger partial charge in [-0.3, -0.25) is 14.4 Å². The van der Waals surface area contributed by atoms with Gasteiger partial charge < -0.3 is 9.73 Å². The third-order valence-electron chi connectivity index (χ3n) is 3.61. The fourth-order valence-electron chi connectivity index (χ4n) is 2.68. The highest BCUT2D eigenvalue weighted by Gasteiger charge is 2.27. The zero-order valence-electron chi connectivity index (χ0n) is 11.5. The molecule has 2 aromatic rings. The summed E-state index contributed by atoms with van der Waals surface area (Å²) in [6.45, 7) is 2.37. The molecule has 1 atom stereocenters. The summed E-state index contributed by atoms with van der Waals surface area (Å²) in [4.78, 5) is 13.9. The number of amides is 1. The maximum absolute atomic E-state index is 11.6. The number of hydrogen-bond acceptors (Lipinski definition) is 4. The normalized spacial score (nSPS) is 18.8. The van der Waals surface area contributed by atoms with Gasteiger partial charge in [0.15, 0.2) is 0 Å². The Bertz CT molecular complexity index is 576. The quantitative estimate of drug-likeness (QED) is 0.909. The van der Waals surface area contributed by atoms with Gasteiger partial charge in [0.1, 0.15) is 5.76 Å². The molecule has 1 N–H and O–H groups in total. The molecule has 0 bridgehead atoms. The molecule has 1 aliphatic rings. The first kappa shape index (κ1) is 12.9. The van der Waals surface area contributed by atoms with Crippen molar-refractivity contribution in [1.29, 1.82) is 0 Å². The van der Waals surface area contributed by atoms with Gasteiger partial charge in [-0.2, -0.15) is 5.10 Å². The van der Waals surface area contributed by atoms with Crippen molar-refractivity contribution < 1.29 is 9.21 Å². The summed E-state index contributed by atoms with van der Waals surface area (Å²) in [7, 11) is 1.66. The minimum absolute atomic E-state index is 0.0382. The first-order valence-electron chi connectivity index (χ1n) is 6.74. The van der Waals surface area contributed by atoms with E-state index < -0.39 is 0 Å². The van der Waals surface area contributed by atoms with Crippen molar-refractivity contribution >= 4 is 5.91 Å². The maximum atomic E-state index is 11.6. The SMILES string of the molecule is CNC(=O)C[C@H]1CN(Cc2ccco2)Cc2ccnn21. The van der Waals surface area contributed by atoms with Crippen LogP contribution in [0.1, 0.15) is 23.9 Å². The predicted molar refractivity (Wildman–Crippen MR) is 72.8 cm³/mol. The molecule has 6 heteroatoms. The second kappa shape index (κ2) is 5.50. The van der Waals surface area contributed by atoms with Gasteiger partial charge in [-0.1, -0.05) is 0 Å². The van der Waals surface area contributed by atoms with Gasteiger partial charge in [-0.05, 0) is 18.2 Å². The first-order chi connectivity index (χ1) is 9.76. The number of carbonyl (C=O) groups excluding carboxylic acids is 1. The lowest BCUT2D eigenvalue weighted by molar-refractivity contribution is -0.121. The standard InChI is InChI=1S/C14H18N4O2/c1-15-14(19)7-12-9-17(10-13-3-2-6-20-13)8-11-4-5-16-18(11)12/h2-6,12H,7-10H2,1H3,(H,15,19)/t12-/m0/s1. The van der Waals surface area contributed by atoms with Gasteiger partial charge >= 0.3 is 0 Å². The number of aromatic nitrogens is 2. The number of carbonyl (C=O) groups is 1. The Morgan fingerprint density at radius 2 is 2.45 bits per heavy atom. The summed E-state index contributed by atoms with van der Waals surface area (Å²) >= 11 is 0. The first-order valence-corrected chi connectivity index (χ1v) is 6.74. The second-order valence-corrected chi connectivity index (χ2v) is 5.05. The molecule has 0 spiro atoms. The van der Waals surface area contributed by atoms with E-state index in [4.69, 9.17) is 4.42 Å². The van der Waals surface area contributed by atoms with Gasteiger partial charge in [-0.25, -0.2) is 0 Å². The van der Waals surface area contributed by atoms with Crippen molar-refractivity contribution in [1.82, 2.24) is 20.0 Å². The molecule has 3 rings (SSSR count). The highest BCUT2D eigenvalue weighted by molar-refractivity contribution is 5.76. The molecule has 106 valence electrons. The molecule has 2 aromatic heterocycles. The molecule has 0 saturated heterocycles. The summed E-state index contributed by atoms with van der Waals surface area (Å²) < 4.78 is 7.37. The largest absolute Gasteiger partial charge is 0.468 e. The van der Waals surface area contributed by atoms with Crippen LogP contribution in [0, 0.1) is 0 Å². The Balaban J connectivity index is 1.75. The van der Waals surface area contributed by atoms with Crippen LogP contribution in [0.15, 0.2) is 35.1 Å². The minimum atomic E-state index is 0.0382. The average Bonchev–Trinajstić information content (AvgIpc) is 3.09. The van der Waals surface area contributed by atoms with Gasteiger partial charge in [0.05, 0.1) is 31.0 Å². The number of hydrogen-bond donors (Lipinski definition) is 1. The zero-order valence-corrected chi connectivity index (χ0v) is 11.5. The van der Waals surface area contributed by atoms with E-state index in [2.05, 4.69) is 15.3 Å². The number of furan rings is 1. The van der Waals surface area contributed by atoms with Crippen LogP contribution in [0.5, 0.6) is 0 Å². The third kappa shape index (κ3) is 2.60. The molecule has 20 heavy (non-hydrogen) atoms. The predicted octanol–water partition coefficient (Wildman–Crippen LogP) is 1.17. The molecule has 0 unspecified atom stereocenters. The Morgan fingerprint density at radius 3 is 3.20 bits per heavy atom. The summed E-state index contributed by atoms with van der Waals surface area (Å²) in [5, 5.41) is 7.02. The van der Waals surface area contributed by atoms with Crippen LogP contribution in [0.2, 0.25) is 0 Å². The van der Waals surface area contributed by atoms with E-state index in [-0.39, 0.29) is 11.9 Å². The van der Waals surface area contributed by atoms with E-state index in [0.29, 0.717) is 6.42 Å². The van der Waals surface area contributed by atoms with Crippen molar-refractivity contribution in [3.8, 4) is 0 Å². The molecule has 3 heterocycles. The smallest absolute Gasteiger partial charge is 0.221 e. The summed E-state index contributed by atoms with van der Waals surface area (Å²) in [6.07, 6.45) is 3.92. The van der Waals surface area contributed by atoms with Gasteiger partial charge in [-0.15, -0.1) is 0 Å². The molecule has 0 aliphatic carbocycles. The second-order valence-electron chi connectivity index (χ2n) is 5.05. The maximum Gasteiger partial charge on any atom is 0.221 e. The molecule has 0 aromatic carbocycles. The van der Waals surface area contributed by atoms with Crippen molar-refractivity contribution in [2.75, 3.05) is 13.6 Å². The average molecular weight is 274 g/mol. The van der Waals surface area contributed by atoms with Gasteiger partial charge in [0.2, 0.25) is 5.91 Å². The lowest BCUT2D eigenvalue weighted by Crippen LogP contribution is -2.39. The van der Waals surface area contributed by atoms with Crippen LogP contribution in [-0.2, 0) is 17.9 Å². The zero-order chi connectivity index (χ0) is 13.9. The highest BCUT2D eigenvalue weighted by Crippen LogP contribution is 2.24. The van der Waals surface area contributed by atoms with Crippen LogP contribution in [0.25, 0.3) is 0 Å². The molecular weight excluding hydrogens is 256 g/mol. The lowest BCUT2D eigenvalue weighted by Gasteiger charge is -2.33. The summed E-state index contributed by atoms with van der Waals surface area (Å²) in [6, 6.07) is 5.94. The monoisotopic (exact) mass is 274 g/mol. The van der Waals surface area contributed by atoms with Gasteiger partial charge in [0, 0.05) is 26.3 Å². The van der Waals surface area contributed by atoms with Crippen molar-refractivity contribution in [2.45, 2.75) is 25.6 Å². The number of rotatable bonds is 4. The lowest BCUT2D eigenvalue weighted by atomic mass is 10.1. The Labute approximate surface area is 117 Å². The van der Waals surface area contributed by atoms with Crippen molar-refractivity contribution in [2.24, 2.45) is 0 Å². The molecule has 1 aliphatic heterocycles. The number of nitrogens with zero attached hydrogens (tertiary/aromatic N) is 3. The molecular formula is C14H18N4O2. The Kier molecular flexibility index (Phi) is 3.56. The topological polar surface area (TPSA) is 63.3 Å². The molecule has 1 amide bonds. The highest BCUT2D eigenvalue weighted by atomic mass is 16.3. The fourth-order valence-corrected chi connectivity index (χ4v) is 2.68. The molecule has 0 saturated carbocycles. The van der Waals surface area contributed by atoms with Crippen LogP contribution in [0.4, 0.5) is 0 Å². The van der Waals surface area contributed by atoms with Crippen LogP contribution in [-0.4, -0.2) is 34.2 Å². The van der Waals surface area contributed by atoms with E-state index in [1.807, 2.05) is 22.9 Å². The van der Waals surface area contributed by atoms with Crippen LogP contribution < -0.4 is 5.32 Å². The van der Waals surface area contributed by atoms with Crippen molar-refractivity contribution in [3.05, 3.63) is 42.1 Å². The van der Waals surface area contributed by atoms with Crippen LogP contribution >= 0.6 is 0 Å². The molecule has 6 nitrogen and oxygen atoms in total. The Hall–Kier alpha value is -2.08. The van der Waals surface area contributed by atoms with E-state index in [9.17, 15) is 4.79 Å². The fraction of sp³-hybridized carbons (Fsp3) is 0.429. The van der Waals surface area contributed by atoms with E-state index >= 15 is 0 Å². The summed E-state index contributed by atoms with van der Waals surface area (Å²) in [5.41, 5.74) is 1.14. The summed E-state index contributed by atoms with van der Waals surface area (Å²) in [5.74, 6) is 0.980. The Morgan fingerprint density at radius 1 is 1.55 bits per heavy atom. The van der Waals surface area contributed by atoms with E-state index in [1.165, 1.54) is 0 Å². The number of nitrogens with one attached hydrogen (secondary N) is 1. The van der Waals surface area contributed by atoms with Crippen molar-refractivity contribution in [3.63, 3.8) is 0 Å². The van der Waals surface area contributed by atoms with Gasteiger partial charge in [0.25, 0.3) is 0 Å². The number of fused-ring (bicyclic) bond motifs is 1. The van der Waals surface area contributed by atoms with E-state index in [1.54, 1.807) is 19.5 Å². The van der Waals surface area contributed by atoms with Crippen LogP contribution in [0.3, 0.4) is 0 Å². The van der Waals surface area contributed by atoms with E-state index in [0.717, 1.165) is 31.1 Å². The molecule has 0 radical (unpaired) electrons. The molecule has 0 fully saturated rings. The minimum Gasteiger partial charge on any atom is -0.468 e. The third-order valence-corrected chi connectivity index (χ3v) is 3.61.